The van der Waals surface area contributed by atoms with E-state index in [2.05, 4.69) is 5.32 Å². The van der Waals surface area contributed by atoms with Crippen LogP contribution in [0.1, 0.15) is 52.3 Å². The highest BCUT2D eigenvalue weighted by atomic mass is 32.1. The molecular weight excluding hydrogens is 422 g/mol. The molecule has 0 bridgehead atoms. The van der Waals surface area contributed by atoms with E-state index in [1.165, 1.54) is 0 Å². The van der Waals surface area contributed by atoms with Crippen molar-refractivity contribution in [3.05, 3.63) is 40.3 Å². The minimum absolute atomic E-state index is 0.178. The first-order chi connectivity index (χ1) is 14.9. The number of benzene rings is 1. The SMILES string of the molecule is CCOC(=O)c1sc(NC(=O)CCCOc2ccc(OC)cc2)c(C(=O)OCC)c1C. The Kier molecular flexibility index (Phi) is 9.33. The average molecular weight is 450 g/mol. The summed E-state index contributed by atoms with van der Waals surface area (Å²) in [6, 6.07) is 7.16. The Morgan fingerprint density at radius 3 is 2.19 bits per heavy atom. The maximum absolute atomic E-state index is 12.4. The second-order valence-corrected chi connectivity index (χ2v) is 7.40. The van der Waals surface area contributed by atoms with Gasteiger partial charge in [-0.3, -0.25) is 4.79 Å². The van der Waals surface area contributed by atoms with Crippen molar-refractivity contribution in [2.24, 2.45) is 0 Å². The Morgan fingerprint density at radius 1 is 0.968 bits per heavy atom. The van der Waals surface area contributed by atoms with E-state index in [1.54, 1.807) is 52.1 Å². The third-order valence-electron chi connectivity index (χ3n) is 4.22. The van der Waals surface area contributed by atoms with Crippen molar-refractivity contribution in [3.63, 3.8) is 0 Å². The number of ether oxygens (including phenoxy) is 4. The average Bonchev–Trinajstić information content (AvgIpc) is 3.07. The number of nitrogens with one attached hydrogen (secondary N) is 1. The lowest BCUT2D eigenvalue weighted by Gasteiger charge is -2.08. The summed E-state index contributed by atoms with van der Waals surface area (Å²) in [6.45, 7) is 5.76. The summed E-state index contributed by atoms with van der Waals surface area (Å²) >= 11 is 1.01. The van der Waals surface area contributed by atoms with Crippen molar-refractivity contribution in [3.8, 4) is 11.5 Å². The Labute approximate surface area is 185 Å². The topological polar surface area (TPSA) is 100 Å². The summed E-state index contributed by atoms with van der Waals surface area (Å²) < 4.78 is 20.8. The monoisotopic (exact) mass is 449 g/mol. The Bertz CT molecular complexity index is 905. The van der Waals surface area contributed by atoms with E-state index < -0.39 is 11.9 Å². The molecule has 0 aliphatic carbocycles. The van der Waals surface area contributed by atoms with Gasteiger partial charge >= 0.3 is 11.9 Å². The molecule has 168 valence electrons. The number of anilines is 1. The van der Waals surface area contributed by atoms with E-state index in [0.29, 0.717) is 24.3 Å². The summed E-state index contributed by atoms with van der Waals surface area (Å²) in [4.78, 5) is 37.2. The zero-order valence-corrected chi connectivity index (χ0v) is 18.9. The Hall–Kier alpha value is -3.07. The van der Waals surface area contributed by atoms with Gasteiger partial charge in [0.05, 0.1) is 32.5 Å². The maximum Gasteiger partial charge on any atom is 0.348 e. The van der Waals surface area contributed by atoms with E-state index in [-0.39, 0.29) is 41.0 Å². The second-order valence-electron chi connectivity index (χ2n) is 6.38. The van der Waals surface area contributed by atoms with Gasteiger partial charge in [-0.1, -0.05) is 0 Å². The molecule has 0 atom stereocenters. The normalized spacial score (nSPS) is 10.3. The molecule has 9 heteroatoms. The molecule has 1 amide bonds. The number of esters is 2. The van der Waals surface area contributed by atoms with Gasteiger partial charge in [0.1, 0.15) is 21.4 Å². The van der Waals surface area contributed by atoms with Gasteiger partial charge in [0.25, 0.3) is 0 Å². The highest BCUT2D eigenvalue weighted by molar-refractivity contribution is 7.18. The smallest absolute Gasteiger partial charge is 0.348 e. The maximum atomic E-state index is 12.4. The minimum Gasteiger partial charge on any atom is -0.497 e. The van der Waals surface area contributed by atoms with Gasteiger partial charge < -0.3 is 24.3 Å². The van der Waals surface area contributed by atoms with Crippen molar-refractivity contribution in [2.45, 2.75) is 33.6 Å². The van der Waals surface area contributed by atoms with Crippen LogP contribution in [0, 0.1) is 6.92 Å². The molecule has 0 fully saturated rings. The lowest BCUT2D eigenvalue weighted by molar-refractivity contribution is -0.116. The fourth-order valence-corrected chi connectivity index (χ4v) is 3.83. The molecule has 1 heterocycles. The third kappa shape index (κ3) is 6.71. The summed E-state index contributed by atoms with van der Waals surface area (Å²) in [5.41, 5.74) is 0.609. The van der Waals surface area contributed by atoms with Gasteiger partial charge in [0.15, 0.2) is 0 Å². The summed E-state index contributed by atoms with van der Waals surface area (Å²) in [5.74, 6) is -0.00857. The Balaban J connectivity index is 1.99. The van der Waals surface area contributed by atoms with E-state index in [9.17, 15) is 14.4 Å². The minimum atomic E-state index is -0.593. The first kappa shape index (κ1) is 24.2. The van der Waals surface area contributed by atoms with Crippen molar-refractivity contribution in [2.75, 3.05) is 32.2 Å². The predicted octanol–water partition coefficient (Wildman–Crippen LogP) is 4.22. The van der Waals surface area contributed by atoms with Crippen LogP contribution in [0.2, 0.25) is 0 Å². The van der Waals surface area contributed by atoms with Gasteiger partial charge in [-0.05, 0) is 57.0 Å². The molecule has 0 aliphatic heterocycles. The van der Waals surface area contributed by atoms with Crippen LogP contribution in [0.3, 0.4) is 0 Å². The molecule has 2 aromatic rings. The lowest BCUT2D eigenvalue weighted by atomic mass is 10.1. The van der Waals surface area contributed by atoms with Crippen molar-refractivity contribution >= 4 is 34.2 Å². The first-order valence-electron chi connectivity index (χ1n) is 9.95. The Morgan fingerprint density at radius 2 is 1.58 bits per heavy atom. The van der Waals surface area contributed by atoms with Crippen LogP contribution in [0.15, 0.2) is 24.3 Å². The second kappa shape index (κ2) is 11.9. The number of thiophene rings is 1. The standard InChI is InChI=1S/C22H27NO7S/c1-5-28-21(25)18-14(3)19(22(26)29-6-2)31-20(18)23-17(24)8-7-13-30-16-11-9-15(27-4)10-12-16/h9-12H,5-8,13H2,1-4H3,(H,23,24). The van der Waals surface area contributed by atoms with Gasteiger partial charge in [-0.15, -0.1) is 11.3 Å². The molecule has 0 spiro atoms. The van der Waals surface area contributed by atoms with Crippen LogP contribution in [0.25, 0.3) is 0 Å². The van der Waals surface area contributed by atoms with Gasteiger partial charge in [-0.2, -0.15) is 0 Å². The summed E-state index contributed by atoms with van der Waals surface area (Å²) in [7, 11) is 1.59. The number of hydrogen-bond acceptors (Lipinski definition) is 8. The van der Waals surface area contributed by atoms with E-state index in [0.717, 1.165) is 17.1 Å². The molecule has 0 aliphatic rings. The molecule has 0 saturated carbocycles. The van der Waals surface area contributed by atoms with Gasteiger partial charge in [0, 0.05) is 6.42 Å². The number of rotatable bonds is 11. The van der Waals surface area contributed by atoms with Gasteiger partial charge in [-0.25, -0.2) is 9.59 Å². The molecule has 0 saturated heterocycles. The lowest BCUT2D eigenvalue weighted by Crippen LogP contribution is -2.15. The molecule has 2 rings (SSSR count). The van der Waals surface area contributed by atoms with Crippen LogP contribution in [0.5, 0.6) is 11.5 Å². The highest BCUT2D eigenvalue weighted by Gasteiger charge is 2.27. The number of carbonyl (C=O) groups is 3. The van der Waals surface area contributed by atoms with E-state index in [1.807, 2.05) is 0 Å². The summed E-state index contributed by atoms with van der Waals surface area (Å²) in [6.07, 6.45) is 0.659. The van der Waals surface area contributed by atoms with Crippen LogP contribution >= 0.6 is 11.3 Å². The molecule has 1 aromatic heterocycles. The summed E-state index contributed by atoms with van der Waals surface area (Å²) in [5, 5.41) is 3.00. The fraction of sp³-hybridized carbons (Fsp3) is 0.409. The van der Waals surface area contributed by atoms with Crippen molar-refractivity contribution in [1.29, 1.82) is 0 Å². The van der Waals surface area contributed by atoms with E-state index in [4.69, 9.17) is 18.9 Å². The largest absolute Gasteiger partial charge is 0.497 e. The van der Waals surface area contributed by atoms with Crippen molar-refractivity contribution in [1.82, 2.24) is 0 Å². The van der Waals surface area contributed by atoms with Crippen molar-refractivity contribution < 1.29 is 33.3 Å². The van der Waals surface area contributed by atoms with Crippen LogP contribution in [-0.2, 0) is 14.3 Å². The number of carbonyl (C=O) groups excluding carboxylic acids is 3. The molecule has 1 N–H and O–H groups in total. The fourth-order valence-electron chi connectivity index (χ4n) is 2.73. The molecule has 1 aromatic carbocycles. The highest BCUT2D eigenvalue weighted by Crippen LogP contribution is 2.34. The molecule has 0 unspecified atom stereocenters. The number of methoxy groups -OCH3 is 1. The zero-order valence-electron chi connectivity index (χ0n) is 18.1. The predicted molar refractivity (Wildman–Crippen MR) is 117 cm³/mol. The van der Waals surface area contributed by atoms with Crippen LogP contribution < -0.4 is 14.8 Å². The third-order valence-corrected chi connectivity index (χ3v) is 5.40. The molecule has 31 heavy (non-hydrogen) atoms. The number of hydrogen-bond donors (Lipinski definition) is 1. The zero-order chi connectivity index (χ0) is 22.8. The molecule has 8 nitrogen and oxygen atoms in total. The number of amides is 1. The molecule has 0 radical (unpaired) electrons. The molecular formula is C22H27NO7S. The van der Waals surface area contributed by atoms with Crippen LogP contribution in [0.4, 0.5) is 5.00 Å². The van der Waals surface area contributed by atoms with E-state index >= 15 is 0 Å². The quantitative estimate of drug-likeness (QED) is 0.405. The first-order valence-corrected chi connectivity index (χ1v) is 10.8. The van der Waals surface area contributed by atoms with Crippen LogP contribution in [-0.4, -0.2) is 44.8 Å². The van der Waals surface area contributed by atoms with Gasteiger partial charge in [0.2, 0.25) is 5.91 Å².